The standard InChI is InChI=1S/C19H32N2O6S3/c1-18(2,15(24)25)9-11(13(22)20(5)6)29-17(28)30-12(14(23)21(7)8)10-19(3,4)16(26)27/h11-12H,9-10H2,1-8H3,(H,24,25)(H,26,27). The third-order valence-corrected chi connectivity index (χ3v) is 7.30. The topological polar surface area (TPSA) is 115 Å². The van der Waals surface area contributed by atoms with Crippen molar-refractivity contribution in [3.63, 3.8) is 0 Å². The molecule has 172 valence electrons. The number of hydrogen-bond acceptors (Lipinski definition) is 7. The Morgan fingerprint density at radius 3 is 1.23 bits per heavy atom. The zero-order valence-corrected chi connectivity index (χ0v) is 21.2. The third-order valence-electron chi connectivity index (χ3n) is 4.46. The molecule has 2 unspecified atom stereocenters. The molecule has 30 heavy (non-hydrogen) atoms. The molecule has 0 aliphatic heterocycles. The predicted octanol–water partition coefficient (Wildman–Crippen LogP) is 2.65. The van der Waals surface area contributed by atoms with Crippen LogP contribution in [0.15, 0.2) is 0 Å². The Bertz CT molecular complexity index is 636. The smallest absolute Gasteiger partial charge is 0.309 e. The third kappa shape index (κ3) is 8.81. The highest BCUT2D eigenvalue weighted by molar-refractivity contribution is 8.47. The summed E-state index contributed by atoms with van der Waals surface area (Å²) in [6, 6.07) is 0. The van der Waals surface area contributed by atoms with Gasteiger partial charge in [-0.3, -0.25) is 19.2 Å². The van der Waals surface area contributed by atoms with Crippen molar-refractivity contribution in [1.29, 1.82) is 0 Å². The number of thiocarbonyl (C=S) groups is 1. The van der Waals surface area contributed by atoms with Gasteiger partial charge < -0.3 is 20.0 Å². The Labute approximate surface area is 192 Å². The number of carboxylic acids is 2. The second-order valence-electron chi connectivity index (χ2n) is 8.71. The van der Waals surface area contributed by atoms with Gasteiger partial charge in [-0.15, -0.1) is 0 Å². The molecule has 11 heteroatoms. The van der Waals surface area contributed by atoms with Crippen LogP contribution in [-0.4, -0.2) is 86.0 Å². The van der Waals surface area contributed by atoms with E-state index in [2.05, 4.69) is 0 Å². The van der Waals surface area contributed by atoms with Crippen LogP contribution in [0.4, 0.5) is 0 Å². The first-order valence-electron chi connectivity index (χ1n) is 9.18. The van der Waals surface area contributed by atoms with Crippen molar-refractivity contribution in [3.05, 3.63) is 0 Å². The quantitative estimate of drug-likeness (QED) is 0.455. The number of carbonyl (C=O) groups is 4. The average Bonchev–Trinajstić information content (AvgIpc) is 2.58. The van der Waals surface area contributed by atoms with Gasteiger partial charge in [-0.25, -0.2) is 0 Å². The predicted molar refractivity (Wildman–Crippen MR) is 125 cm³/mol. The van der Waals surface area contributed by atoms with Gasteiger partial charge in [0, 0.05) is 28.2 Å². The fraction of sp³-hybridized carbons (Fsp3) is 0.737. The van der Waals surface area contributed by atoms with E-state index < -0.39 is 33.3 Å². The summed E-state index contributed by atoms with van der Waals surface area (Å²) in [5.74, 6) is -2.61. The molecule has 0 fully saturated rings. The van der Waals surface area contributed by atoms with Gasteiger partial charge in [0.05, 0.1) is 21.3 Å². The van der Waals surface area contributed by atoms with Gasteiger partial charge in [-0.2, -0.15) is 0 Å². The fourth-order valence-electron chi connectivity index (χ4n) is 2.30. The summed E-state index contributed by atoms with van der Waals surface area (Å²) >= 11 is 7.50. The number of amides is 2. The summed E-state index contributed by atoms with van der Waals surface area (Å²) < 4.78 is 0.290. The lowest BCUT2D eigenvalue weighted by atomic mass is 9.87. The number of aliphatic carboxylic acids is 2. The Kier molecular flexibility index (Phi) is 10.8. The average molecular weight is 481 g/mol. The second kappa shape index (κ2) is 11.3. The van der Waals surface area contributed by atoms with E-state index >= 15 is 0 Å². The van der Waals surface area contributed by atoms with E-state index in [0.29, 0.717) is 0 Å². The summed E-state index contributed by atoms with van der Waals surface area (Å²) in [4.78, 5) is 51.0. The minimum Gasteiger partial charge on any atom is -0.481 e. The first-order chi connectivity index (χ1) is 13.4. The van der Waals surface area contributed by atoms with E-state index in [0.717, 1.165) is 23.5 Å². The van der Waals surface area contributed by atoms with Crippen LogP contribution in [0.5, 0.6) is 0 Å². The molecule has 0 aliphatic rings. The molecular formula is C19H32N2O6S3. The summed E-state index contributed by atoms with van der Waals surface area (Å²) in [5, 5.41) is 17.4. The normalized spacial score (nSPS) is 13.9. The van der Waals surface area contributed by atoms with Crippen molar-refractivity contribution in [2.75, 3.05) is 28.2 Å². The van der Waals surface area contributed by atoms with E-state index in [-0.39, 0.29) is 28.2 Å². The molecule has 0 aromatic rings. The molecular weight excluding hydrogens is 448 g/mol. The van der Waals surface area contributed by atoms with Crippen molar-refractivity contribution in [2.24, 2.45) is 10.8 Å². The Morgan fingerprint density at radius 1 is 0.767 bits per heavy atom. The van der Waals surface area contributed by atoms with Crippen molar-refractivity contribution < 1.29 is 29.4 Å². The Balaban J connectivity index is 5.61. The van der Waals surface area contributed by atoms with Gasteiger partial charge in [0.15, 0.2) is 0 Å². The van der Waals surface area contributed by atoms with E-state index in [1.54, 1.807) is 28.2 Å². The van der Waals surface area contributed by atoms with Crippen LogP contribution in [0, 0.1) is 10.8 Å². The van der Waals surface area contributed by atoms with Crippen molar-refractivity contribution >= 4 is 63.0 Å². The second-order valence-corrected chi connectivity index (χ2v) is 12.3. The summed E-state index contributed by atoms with van der Waals surface area (Å²) in [6.07, 6.45) is 0.106. The lowest BCUT2D eigenvalue weighted by Crippen LogP contribution is -2.39. The molecule has 0 bridgehead atoms. The SMILES string of the molecule is CN(C)C(=O)C(CC(C)(C)C(=O)O)SC(=S)SC(CC(C)(C)C(=O)O)C(=O)N(C)C. The lowest BCUT2D eigenvalue weighted by molar-refractivity contribution is -0.148. The van der Waals surface area contributed by atoms with Gasteiger partial charge in [0.1, 0.15) is 3.53 Å². The molecule has 0 heterocycles. The highest BCUT2D eigenvalue weighted by Gasteiger charge is 2.38. The van der Waals surface area contributed by atoms with Gasteiger partial charge in [-0.1, -0.05) is 35.7 Å². The number of thioether (sulfide) groups is 2. The first kappa shape index (κ1) is 28.7. The molecule has 0 spiro atoms. The van der Waals surface area contributed by atoms with E-state index in [1.807, 2.05) is 0 Å². The van der Waals surface area contributed by atoms with Crippen LogP contribution in [0.1, 0.15) is 40.5 Å². The first-order valence-corrected chi connectivity index (χ1v) is 11.4. The van der Waals surface area contributed by atoms with Gasteiger partial charge in [-0.05, 0) is 40.5 Å². The van der Waals surface area contributed by atoms with Crippen molar-refractivity contribution in [3.8, 4) is 0 Å². The van der Waals surface area contributed by atoms with Crippen LogP contribution in [0.2, 0.25) is 0 Å². The molecule has 0 rings (SSSR count). The summed E-state index contributed by atoms with van der Waals surface area (Å²) in [7, 11) is 6.31. The van der Waals surface area contributed by atoms with Crippen molar-refractivity contribution in [1.82, 2.24) is 9.80 Å². The summed E-state index contributed by atoms with van der Waals surface area (Å²) in [6.45, 7) is 6.15. The van der Waals surface area contributed by atoms with Gasteiger partial charge >= 0.3 is 11.9 Å². The number of hydrogen-bond donors (Lipinski definition) is 2. The molecule has 8 nitrogen and oxygen atoms in total. The Hall–Kier alpha value is -1.33. The largest absolute Gasteiger partial charge is 0.481 e. The molecule has 0 aromatic carbocycles. The number of carboxylic acid groups (broad SMARTS) is 2. The molecule has 0 saturated carbocycles. The van der Waals surface area contributed by atoms with E-state index in [4.69, 9.17) is 12.2 Å². The zero-order chi connectivity index (χ0) is 24.0. The highest BCUT2D eigenvalue weighted by Crippen LogP contribution is 2.37. The minimum atomic E-state index is -1.15. The van der Waals surface area contributed by atoms with E-state index in [9.17, 15) is 29.4 Å². The molecule has 0 radical (unpaired) electrons. The van der Waals surface area contributed by atoms with Crippen LogP contribution >= 0.6 is 35.7 Å². The molecule has 0 saturated heterocycles. The molecule has 0 aromatic heterocycles. The van der Waals surface area contributed by atoms with Gasteiger partial charge in [0.25, 0.3) is 0 Å². The number of nitrogens with zero attached hydrogens (tertiary/aromatic N) is 2. The number of rotatable bonds is 10. The molecule has 2 amide bonds. The Morgan fingerprint density at radius 2 is 1.03 bits per heavy atom. The van der Waals surface area contributed by atoms with Crippen LogP contribution < -0.4 is 0 Å². The van der Waals surface area contributed by atoms with Crippen molar-refractivity contribution in [2.45, 2.75) is 51.0 Å². The zero-order valence-electron chi connectivity index (χ0n) is 18.7. The lowest BCUT2D eigenvalue weighted by Gasteiger charge is -2.29. The maximum Gasteiger partial charge on any atom is 0.309 e. The molecule has 2 atom stereocenters. The van der Waals surface area contributed by atoms with Crippen LogP contribution in [0.25, 0.3) is 0 Å². The highest BCUT2D eigenvalue weighted by atomic mass is 32.2. The number of carbonyl (C=O) groups excluding carboxylic acids is 2. The monoisotopic (exact) mass is 480 g/mol. The molecule has 2 N–H and O–H groups in total. The van der Waals surface area contributed by atoms with Crippen LogP contribution in [0.3, 0.4) is 0 Å². The summed E-state index contributed by atoms with van der Waals surface area (Å²) in [5.41, 5.74) is -2.29. The van der Waals surface area contributed by atoms with Crippen LogP contribution in [-0.2, 0) is 19.2 Å². The van der Waals surface area contributed by atoms with Gasteiger partial charge in [0.2, 0.25) is 11.8 Å². The minimum absolute atomic E-state index is 0.0532. The maximum atomic E-state index is 12.6. The fourth-order valence-corrected chi connectivity index (χ4v) is 6.00. The maximum absolute atomic E-state index is 12.6. The van der Waals surface area contributed by atoms with E-state index in [1.165, 1.54) is 37.5 Å². The molecule has 0 aliphatic carbocycles.